The third kappa shape index (κ3) is 2.73. The summed E-state index contributed by atoms with van der Waals surface area (Å²) < 4.78 is 26.5. The summed E-state index contributed by atoms with van der Waals surface area (Å²) in [4.78, 5) is 3.90. The van der Waals surface area contributed by atoms with E-state index in [1.165, 1.54) is 11.0 Å². The van der Waals surface area contributed by atoms with Gasteiger partial charge in [0.2, 0.25) is 0 Å². The van der Waals surface area contributed by atoms with Gasteiger partial charge in [-0.3, -0.25) is 4.68 Å². The van der Waals surface area contributed by atoms with Crippen LogP contribution in [0.4, 0.5) is 8.78 Å². The molecule has 0 bridgehead atoms. The molecule has 0 fully saturated rings. The second kappa shape index (κ2) is 4.99. The van der Waals surface area contributed by atoms with Crippen LogP contribution in [0.5, 0.6) is 0 Å². The zero-order valence-electron chi connectivity index (χ0n) is 8.24. The van der Waals surface area contributed by atoms with Crippen LogP contribution in [0, 0.1) is 0 Å². The Morgan fingerprint density at radius 1 is 1.57 bits per heavy atom. The summed E-state index contributed by atoms with van der Waals surface area (Å²) in [5, 5.41) is 6.54. The maximum Gasteiger partial charge on any atom is 0.254 e. The van der Waals surface area contributed by atoms with Crippen molar-refractivity contribution < 1.29 is 8.78 Å². The molecule has 1 heterocycles. The fourth-order valence-electron chi connectivity index (χ4n) is 1.21. The number of hydrogen-bond acceptors (Lipinski definition) is 3. The third-order valence-corrected chi connectivity index (χ3v) is 1.98. The lowest BCUT2D eigenvalue weighted by molar-refractivity contribution is 0.0977. The van der Waals surface area contributed by atoms with Gasteiger partial charge in [-0.25, -0.2) is 13.8 Å². The van der Waals surface area contributed by atoms with Crippen molar-refractivity contribution in [2.45, 2.75) is 25.8 Å². The van der Waals surface area contributed by atoms with Crippen molar-refractivity contribution in [2.75, 3.05) is 6.54 Å². The first-order valence-corrected chi connectivity index (χ1v) is 4.49. The first-order chi connectivity index (χ1) is 6.65. The molecule has 1 aromatic rings. The molecular weight excluding hydrogens is 190 g/mol. The van der Waals surface area contributed by atoms with E-state index >= 15 is 0 Å². The van der Waals surface area contributed by atoms with Crippen LogP contribution >= 0.6 is 0 Å². The first-order valence-electron chi connectivity index (χ1n) is 4.49. The van der Waals surface area contributed by atoms with Crippen LogP contribution in [0.1, 0.15) is 12.7 Å². The third-order valence-electron chi connectivity index (χ3n) is 1.98. The zero-order valence-corrected chi connectivity index (χ0v) is 8.24. The monoisotopic (exact) mass is 204 g/mol. The SMILES string of the molecule is CCNC(Cc1ncnn1C)C(F)F. The van der Waals surface area contributed by atoms with E-state index in [1.807, 2.05) is 0 Å². The molecule has 0 aliphatic carbocycles. The molecule has 0 saturated carbocycles. The van der Waals surface area contributed by atoms with Crippen molar-refractivity contribution in [1.82, 2.24) is 20.1 Å². The lowest BCUT2D eigenvalue weighted by Gasteiger charge is -2.15. The fraction of sp³-hybridized carbons (Fsp3) is 0.750. The number of rotatable bonds is 5. The average Bonchev–Trinajstić information content (AvgIpc) is 2.51. The molecule has 0 aliphatic heterocycles. The summed E-state index contributed by atoms with van der Waals surface area (Å²) >= 11 is 0. The van der Waals surface area contributed by atoms with Gasteiger partial charge in [-0.2, -0.15) is 5.10 Å². The Labute approximate surface area is 81.3 Å². The predicted octanol–water partition coefficient (Wildman–Crippen LogP) is 0.601. The highest BCUT2D eigenvalue weighted by atomic mass is 19.3. The molecule has 0 aliphatic rings. The second-order valence-electron chi connectivity index (χ2n) is 3.00. The average molecular weight is 204 g/mol. The van der Waals surface area contributed by atoms with E-state index in [9.17, 15) is 8.78 Å². The van der Waals surface area contributed by atoms with Crippen molar-refractivity contribution in [3.8, 4) is 0 Å². The fourth-order valence-corrected chi connectivity index (χ4v) is 1.21. The van der Waals surface area contributed by atoms with Gasteiger partial charge in [-0.15, -0.1) is 0 Å². The maximum atomic E-state index is 12.5. The van der Waals surface area contributed by atoms with E-state index < -0.39 is 12.5 Å². The Morgan fingerprint density at radius 2 is 2.29 bits per heavy atom. The van der Waals surface area contributed by atoms with Gasteiger partial charge in [0, 0.05) is 13.5 Å². The highest BCUT2D eigenvalue weighted by Crippen LogP contribution is 2.06. The topological polar surface area (TPSA) is 42.7 Å². The number of nitrogens with one attached hydrogen (secondary N) is 1. The van der Waals surface area contributed by atoms with Gasteiger partial charge in [0.25, 0.3) is 6.43 Å². The molecule has 1 unspecified atom stereocenters. The van der Waals surface area contributed by atoms with Gasteiger partial charge in [-0.1, -0.05) is 6.92 Å². The minimum atomic E-state index is -2.38. The smallest absolute Gasteiger partial charge is 0.254 e. The second-order valence-corrected chi connectivity index (χ2v) is 3.00. The van der Waals surface area contributed by atoms with Crippen LogP contribution in [0.3, 0.4) is 0 Å². The first kappa shape index (κ1) is 11.0. The molecule has 1 N–H and O–H groups in total. The van der Waals surface area contributed by atoms with Crippen LogP contribution in [-0.2, 0) is 13.5 Å². The number of likely N-dealkylation sites (N-methyl/N-ethyl adjacent to an activating group) is 1. The normalized spacial score (nSPS) is 13.5. The largest absolute Gasteiger partial charge is 0.309 e. The highest BCUT2D eigenvalue weighted by molar-refractivity contribution is 4.89. The minimum absolute atomic E-state index is 0.196. The molecule has 4 nitrogen and oxygen atoms in total. The molecule has 1 atom stereocenters. The summed E-state index contributed by atoms with van der Waals surface area (Å²) in [5.74, 6) is 0.566. The van der Waals surface area contributed by atoms with E-state index in [-0.39, 0.29) is 6.42 Å². The summed E-state index contributed by atoms with van der Waals surface area (Å²) in [6.07, 6.45) is -0.821. The van der Waals surface area contributed by atoms with E-state index in [0.29, 0.717) is 12.4 Å². The summed E-state index contributed by atoms with van der Waals surface area (Å²) in [7, 11) is 1.69. The molecular formula is C8H14F2N4. The molecule has 80 valence electrons. The maximum absolute atomic E-state index is 12.5. The number of nitrogens with zero attached hydrogens (tertiary/aromatic N) is 3. The molecule has 0 radical (unpaired) electrons. The van der Waals surface area contributed by atoms with Crippen molar-refractivity contribution in [1.29, 1.82) is 0 Å². The summed E-state index contributed by atoms with van der Waals surface area (Å²) in [5.41, 5.74) is 0. The van der Waals surface area contributed by atoms with Crippen molar-refractivity contribution in [2.24, 2.45) is 7.05 Å². The lowest BCUT2D eigenvalue weighted by Crippen LogP contribution is -2.38. The van der Waals surface area contributed by atoms with Gasteiger partial charge in [0.15, 0.2) is 0 Å². The van der Waals surface area contributed by atoms with Gasteiger partial charge in [0.05, 0.1) is 6.04 Å². The Hall–Kier alpha value is -1.04. The van der Waals surface area contributed by atoms with Crippen molar-refractivity contribution in [3.63, 3.8) is 0 Å². The lowest BCUT2D eigenvalue weighted by atomic mass is 10.2. The Balaban J connectivity index is 2.60. The molecule has 1 rings (SSSR count). The number of hydrogen-bond donors (Lipinski definition) is 1. The van der Waals surface area contributed by atoms with Crippen LogP contribution in [0.2, 0.25) is 0 Å². The van der Waals surface area contributed by atoms with Gasteiger partial charge in [-0.05, 0) is 6.54 Å². The Bertz CT molecular complexity index is 274. The quantitative estimate of drug-likeness (QED) is 0.763. The number of halogens is 2. The standard InChI is InChI=1S/C8H14F2N4/c1-3-11-6(8(9)10)4-7-12-5-13-14(7)2/h5-6,8,11H,3-4H2,1-2H3. The van der Waals surface area contributed by atoms with E-state index in [1.54, 1.807) is 14.0 Å². The number of alkyl halides is 2. The Kier molecular flexibility index (Phi) is 3.94. The molecule has 0 spiro atoms. The van der Waals surface area contributed by atoms with E-state index in [0.717, 1.165) is 0 Å². The van der Waals surface area contributed by atoms with Crippen LogP contribution in [-0.4, -0.2) is 33.8 Å². The Morgan fingerprint density at radius 3 is 2.71 bits per heavy atom. The van der Waals surface area contributed by atoms with Gasteiger partial charge >= 0.3 is 0 Å². The summed E-state index contributed by atoms with van der Waals surface area (Å²) in [6, 6.07) is -0.845. The van der Waals surface area contributed by atoms with Crippen molar-refractivity contribution >= 4 is 0 Å². The highest BCUT2D eigenvalue weighted by Gasteiger charge is 2.21. The molecule has 0 saturated heterocycles. The van der Waals surface area contributed by atoms with Crippen LogP contribution in [0.25, 0.3) is 0 Å². The molecule has 0 amide bonds. The molecule has 14 heavy (non-hydrogen) atoms. The van der Waals surface area contributed by atoms with Gasteiger partial charge < -0.3 is 5.32 Å². The van der Waals surface area contributed by atoms with Crippen LogP contribution in [0.15, 0.2) is 6.33 Å². The number of aryl methyl sites for hydroxylation is 1. The predicted molar refractivity (Wildman–Crippen MR) is 48.2 cm³/mol. The van der Waals surface area contributed by atoms with Crippen LogP contribution < -0.4 is 5.32 Å². The number of aromatic nitrogens is 3. The van der Waals surface area contributed by atoms with Gasteiger partial charge in [0.1, 0.15) is 12.2 Å². The zero-order chi connectivity index (χ0) is 10.6. The summed E-state index contributed by atoms with van der Waals surface area (Å²) in [6.45, 7) is 2.32. The van der Waals surface area contributed by atoms with Crippen molar-refractivity contribution in [3.05, 3.63) is 12.2 Å². The molecule has 6 heteroatoms. The minimum Gasteiger partial charge on any atom is -0.309 e. The van der Waals surface area contributed by atoms with E-state index in [2.05, 4.69) is 15.4 Å². The molecule has 0 aromatic carbocycles. The van der Waals surface area contributed by atoms with E-state index in [4.69, 9.17) is 0 Å². The molecule has 1 aromatic heterocycles.